The van der Waals surface area contributed by atoms with E-state index in [0.717, 1.165) is 18.0 Å². The minimum atomic E-state index is -1.26. The van der Waals surface area contributed by atoms with Crippen molar-refractivity contribution >= 4 is 11.9 Å². The average Bonchev–Trinajstić information content (AvgIpc) is 3.20. The molecule has 146 valence electrons. The molecule has 1 saturated heterocycles. The maximum Gasteiger partial charge on any atom is 0.328 e. The third-order valence-corrected chi connectivity index (χ3v) is 4.82. The van der Waals surface area contributed by atoms with Crippen LogP contribution >= 0.6 is 0 Å². The summed E-state index contributed by atoms with van der Waals surface area (Å²) in [5.41, 5.74) is 2.66. The number of carboxylic acids is 2. The highest BCUT2D eigenvalue weighted by Crippen LogP contribution is 2.44. The lowest BCUT2D eigenvalue weighted by Gasteiger charge is -2.31. The molecule has 2 N–H and O–H groups in total. The molecule has 0 atom stereocenters. The first kappa shape index (κ1) is 19.6. The van der Waals surface area contributed by atoms with Crippen LogP contribution in [-0.2, 0) is 9.59 Å². The summed E-state index contributed by atoms with van der Waals surface area (Å²) in [5.74, 6) is -0.0279. The Morgan fingerprint density at radius 2 is 1.36 bits per heavy atom. The van der Waals surface area contributed by atoms with Crippen LogP contribution in [0.2, 0.25) is 0 Å². The van der Waals surface area contributed by atoms with Gasteiger partial charge in [0, 0.05) is 35.7 Å². The number of nitrogens with zero attached hydrogens (tertiary/aromatic N) is 1. The summed E-state index contributed by atoms with van der Waals surface area (Å²) in [7, 11) is 0. The fourth-order valence-electron chi connectivity index (χ4n) is 3.57. The van der Waals surface area contributed by atoms with E-state index in [-0.39, 0.29) is 0 Å². The third-order valence-electron chi connectivity index (χ3n) is 4.82. The Morgan fingerprint density at radius 3 is 1.82 bits per heavy atom. The van der Waals surface area contributed by atoms with Crippen LogP contribution in [0.3, 0.4) is 0 Å². The van der Waals surface area contributed by atoms with Crippen LogP contribution in [0.15, 0.2) is 60.7 Å². The number of fused-ring (bicyclic) bond motifs is 2. The smallest absolute Gasteiger partial charge is 0.328 e. The van der Waals surface area contributed by atoms with E-state index in [2.05, 4.69) is 53.4 Å². The molecule has 2 heterocycles. The molecule has 6 heteroatoms. The van der Waals surface area contributed by atoms with Crippen molar-refractivity contribution in [1.82, 2.24) is 4.90 Å². The first-order chi connectivity index (χ1) is 13.5. The Morgan fingerprint density at radius 1 is 0.893 bits per heavy atom. The van der Waals surface area contributed by atoms with Gasteiger partial charge in [-0.2, -0.15) is 0 Å². The summed E-state index contributed by atoms with van der Waals surface area (Å²) in [6.45, 7) is 3.58. The van der Waals surface area contributed by atoms with Gasteiger partial charge >= 0.3 is 11.9 Å². The fourth-order valence-corrected chi connectivity index (χ4v) is 3.57. The highest BCUT2D eigenvalue weighted by molar-refractivity contribution is 5.89. The van der Waals surface area contributed by atoms with Crippen molar-refractivity contribution in [2.45, 2.75) is 18.8 Å². The molecule has 0 amide bonds. The number of likely N-dealkylation sites (tertiary alicyclic amines) is 1. The van der Waals surface area contributed by atoms with Crippen LogP contribution in [0.1, 0.15) is 29.9 Å². The number of carbonyl (C=O) groups is 2. The zero-order valence-electron chi connectivity index (χ0n) is 15.5. The summed E-state index contributed by atoms with van der Waals surface area (Å²) in [5, 5.41) is 15.6. The molecule has 28 heavy (non-hydrogen) atoms. The van der Waals surface area contributed by atoms with Gasteiger partial charge in [-0.25, -0.2) is 9.59 Å². The van der Waals surface area contributed by atoms with Crippen LogP contribution < -0.4 is 4.74 Å². The van der Waals surface area contributed by atoms with Gasteiger partial charge in [-0.15, -0.1) is 0 Å². The van der Waals surface area contributed by atoms with Crippen LogP contribution in [0.4, 0.5) is 0 Å². The molecule has 4 rings (SSSR count). The summed E-state index contributed by atoms with van der Waals surface area (Å²) < 4.78 is 6.05. The van der Waals surface area contributed by atoms with Crippen molar-refractivity contribution in [3.8, 4) is 11.5 Å². The molecule has 6 nitrogen and oxygen atoms in total. The van der Waals surface area contributed by atoms with E-state index < -0.39 is 11.9 Å². The van der Waals surface area contributed by atoms with E-state index in [1.54, 1.807) is 0 Å². The largest absolute Gasteiger partial charge is 0.478 e. The van der Waals surface area contributed by atoms with Gasteiger partial charge in [0.05, 0.1) is 0 Å². The number of carboxylic acid groups (broad SMARTS) is 2. The lowest BCUT2D eigenvalue weighted by molar-refractivity contribution is -0.134. The summed E-state index contributed by atoms with van der Waals surface area (Å²) in [4.78, 5) is 21.7. The Bertz CT molecular complexity index is 809. The van der Waals surface area contributed by atoms with Crippen LogP contribution in [0, 0.1) is 0 Å². The summed E-state index contributed by atoms with van der Waals surface area (Å²) >= 11 is 0. The van der Waals surface area contributed by atoms with Crippen LogP contribution in [-0.4, -0.2) is 46.7 Å². The van der Waals surface area contributed by atoms with Crippen LogP contribution in [0.5, 0.6) is 11.5 Å². The molecule has 0 aromatic heterocycles. The normalized spacial score (nSPS) is 15.9. The van der Waals surface area contributed by atoms with Crippen molar-refractivity contribution < 1.29 is 24.5 Å². The third kappa shape index (κ3) is 4.98. The number of hydrogen-bond acceptors (Lipinski definition) is 4. The predicted octanol–water partition coefficient (Wildman–Crippen LogP) is 3.73. The van der Waals surface area contributed by atoms with Gasteiger partial charge in [0.1, 0.15) is 11.5 Å². The van der Waals surface area contributed by atoms with Gasteiger partial charge in [0.15, 0.2) is 0 Å². The molecule has 0 aliphatic carbocycles. The van der Waals surface area contributed by atoms with E-state index in [4.69, 9.17) is 14.9 Å². The van der Waals surface area contributed by atoms with Gasteiger partial charge in [-0.1, -0.05) is 36.4 Å². The SMILES string of the molecule is O=C(O)C=CC(=O)O.c1ccc2c(c1)Oc1ccccc1C2CN1CCCC1. The van der Waals surface area contributed by atoms with E-state index in [0.29, 0.717) is 18.1 Å². The van der Waals surface area contributed by atoms with E-state index in [1.165, 1.54) is 37.1 Å². The molecule has 2 aliphatic rings. The van der Waals surface area contributed by atoms with E-state index >= 15 is 0 Å². The summed E-state index contributed by atoms with van der Waals surface area (Å²) in [6, 6.07) is 16.9. The molecule has 0 saturated carbocycles. The minimum absolute atomic E-state index is 0.439. The molecule has 1 fully saturated rings. The summed E-state index contributed by atoms with van der Waals surface area (Å²) in [6.07, 6.45) is 3.80. The topological polar surface area (TPSA) is 87.1 Å². The van der Waals surface area contributed by atoms with Gasteiger partial charge < -0.3 is 19.8 Å². The first-order valence-corrected chi connectivity index (χ1v) is 9.26. The second-order valence-corrected chi connectivity index (χ2v) is 6.75. The molecule has 0 radical (unpaired) electrons. The van der Waals surface area contributed by atoms with Crippen molar-refractivity contribution in [2.75, 3.05) is 19.6 Å². The van der Waals surface area contributed by atoms with Gasteiger partial charge in [0.2, 0.25) is 0 Å². The number of hydrogen-bond donors (Lipinski definition) is 2. The molecule has 0 bridgehead atoms. The second kappa shape index (κ2) is 9.19. The Hall–Kier alpha value is -3.12. The molecule has 2 aliphatic heterocycles. The lowest BCUT2D eigenvalue weighted by Crippen LogP contribution is -2.27. The van der Waals surface area contributed by atoms with Crippen molar-refractivity contribution in [3.05, 3.63) is 71.8 Å². The first-order valence-electron chi connectivity index (χ1n) is 9.26. The number of ether oxygens (including phenoxy) is 1. The zero-order valence-corrected chi connectivity index (χ0v) is 15.5. The van der Waals surface area contributed by atoms with Crippen molar-refractivity contribution in [1.29, 1.82) is 0 Å². The fraction of sp³-hybridized carbons (Fsp3) is 0.273. The van der Waals surface area contributed by atoms with Gasteiger partial charge in [-0.3, -0.25) is 0 Å². The maximum atomic E-state index is 9.55. The molecular weight excluding hydrogens is 358 g/mol. The van der Waals surface area contributed by atoms with Crippen molar-refractivity contribution in [2.24, 2.45) is 0 Å². The van der Waals surface area contributed by atoms with Gasteiger partial charge in [0.25, 0.3) is 0 Å². The average molecular weight is 381 g/mol. The predicted molar refractivity (Wildman–Crippen MR) is 105 cm³/mol. The van der Waals surface area contributed by atoms with Crippen molar-refractivity contribution in [3.63, 3.8) is 0 Å². The standard InChI is InChI=1S/C18H19NO.C4H4O4/c1-3-9-17-14(7-1)16(13-19-11-5-6-12-19)15-8-2-4-10-18(15)20-17;5-3(6)1-2-4(7)8/h1-4,7-10,16H,5-6,11-13H2;1-2H,(H,5,6)(H,7,8). The quantitative estimate of drug-likeness (QED) is 0.785. The molecular formula is C22H23NO5. The van der Waals surface area contributed by atoms with E-state index in [1.807, 2.05) is 0 Å². The lowest BCUT2D eigenvalue weighted by atomic mass is 9.87. The molecule has 2 aromatic rings. The molecule has 2 aromatic carbocycles. The number of para-hydroxylation sites is 2. The highest BCUT2D eigenvalue weighted by atomic mass is 16.5. The van der Waals surface area contributed by atoms with Gasteiger partial charge in [-0.05, 0) is 38.1 Å². The molecule has 0 spiro atoms. The zero-order chi connectivity index (χ0) is 19.9. The monoisotopic (exact) mass is 381 g/mol. The Balaban J connectivity index is 0.000000242. The number of benzene rings is 2. The van der Waals surface area contributed by atoms with E-state index in [9.17, 15) is 9.59 Å². The number of aliphatic carboxylic acids is 2. The molecule has 0 unspecified atom stereocenters. The maximum absolute atomic E-state index is 9.55. The van der Waals surface area contributed by atoms with Crippen LogP contribution in [0.25, 0.3) is 0 Å². The highest BCUT2D eigenvalue weighted by Gasteiger charge is 2.28. The second-order valence-electron chi connectivity index (χ2n) is 6.75. The minimum Gasteiger partial charge on any atom is -0.478 e. The Kier molecular flexibility index (Phi) is 6.45. The Labute approximate surface area is 163 Å². The number of rotatable bonds is 4.